The number of halogens is 1. The van der Waals surface area contributed by atoms with Crippen LogP contribution in [0.5, 0.6) is 0 Å². The number of carbonyl (C=O) groups excluding carboxylic acids is 1. The second kappa shape index (κ2) is 5.92. The molecule has 0 heterocycles. The van der Waals surface area contributed by atoms with Crippen molar-refractivity contribution >= 4 is 27.1 Å². The maximum atomic E-state index is 13.4. The van der Waals surface area contributed by atoms with Crippen LogP contribution in [0.3, 0.4) is 0 Å². The molecule has 0 bridgehead atoms. The number of hydrogen-bond donors (Lipinski definition) is 2. The van der Waals surface area contributed by atoms with E-state index in [0.717, 1.165) is 0 Å². The summed E-state index contributed by atoms with van der Waals surface area (Å²) in [5.74, 6) is -2.24. The van der Waals surface area contributed by atoms with E-state index in [4.69, 9.17) is 5.73 Å². The van der Waals surface area contributed by atoms with Gasteiger partial charge in [-0.3, -0.25) is 4.79 Å². The Morgan fingerprint density at radius 1 is 1.14 bits per heavy atom. The highest BCUT2D eigenvalue weighted by atomic mass is 32.2. The number of rotatable bonds is 4. The highest BCUT2D eigenvalue weighted by Crippen LogP contribution is 2.16. The van der Waals surface area contributed by atoms with E-state index >= 15 is 0 Å². The molecule has 2 aromatic carbocycles. The summed E-state index contributed by atoms with van der Waals surface area (Å²) in [4.78, 5) is 11.7. The smallest absolute Gasteiger partial charge is 0.240 e. The summed E-state index contributed by atoms with van der Waals surface area (Å²) in [6.45, 7) is 0. The third-order valence-corrected chi connectivity index (χ3v) is 4.30. The highest BCUT2D eigenvalue weighted by Gasteiger charge is 2.20. The van der Waals surface area contributed by atoms with Gasteiger partial charge in [0.1, 0.15) is 11.6 Å². The van der Waals surface area contributed by atoms with Gasteiger partial charge in [0.25, 0.3) is 0 Å². The van der Waals surface area contributed by atoms with E-state index in [9.17, 15) is 17.6 Å². The predicted octanol–water partition coefficient (Wildman–Crippen LogP) is 1.82. The first-order valence-electron chi connectivity index (χ1n) is 6.01. The van der Waals surface area contributed by atoms with Gasteiger partial charge in [0.2, 0.25) is 5.91 Å². The molecule has 0 aliphatic rings. The number of carbonyl (C=O) groups is 1. The third-order valence-electron chi connectivity index (χ3n) is 2.69. The van der Waals surface area contributed by atoms with Crippen LogP contribution in [0.2, 0.25) is 0 Å². The summed E-state index contributed by atoms with van der Waals surface area (Å²) in [6, 6.07) is 11.2. The van der Waals surface area contributed by atoms with Crippen LogP contribution in [0.4, 0.5) is 15.8 Å². The van der Waals surface area contributed by atoms with Crippen LogP contribution in [0.25, 0.3) is 0 Å². The molecule has 0 saturated carbocycles. The van der Waals surface area contributed by atoms with Crippen molar-refractivity contribution in [3.05, 3.63) is 54.3 Å². The van der Waals surface area contributed by atoms with Crippen molar-refractivity contribution in [3.63, 3.8) is 0 Å². The van der Waals surface area contributed by atoms with Gasteiger partial charge in [0.05, 0.1) is 10.6 Å². The number of nitrogens with one attached hydrogen (secondary N) is 1. The average Bonchev–Trinajstić information content (AvgIpc) is 2.41. The lowest BCUT2D eigenvalue weighted by Crippen LogP contribution is -2.23. The van der Waals surface area contributed by atoms with Crippen LogP contribution >= 0.6 is 0 Å². The lowest BCUT2D eigenvalue weighted by Gasteiger charge is -2.07. The fourth-order valence-electron chi connectivity index (χ4n) is 1.71. The van der Waals surface area contributed by atoms with Crippen molar-refractivity contribution in [2.75, 3.05) is 16.8 Å². The molecule has 0 aliphatic carbocycles. The van der Waals surface area contributed by atoms with Crippen LogP contribution in [-0.4, -0.2) is 20.1 Å². The molecule has 0 spiro atoms. The van der Waals surface area contributed by atoms with Gasteiger partial charge >= 0.3 is 0 Å². The van der Waals surface area contributed by atoms with E-state index in [1.54, 1.807) is 6.07 Å². The maximum absolute atomic E-state index is 13.4. The molecule has 0 fully saturated rings. The highest BCUT2D eigenvalue weighted by molar-refractivity contribution is 7.92. The molecular formula is C14H13FN2O3S. The largest absolute Gasteiger partial charge is 0.399 e. The van der Waals surface area contributed by atoms with E-state index in [2.05, 4.69) is 5.32 Å². The summed E-state index contributed by atoms with van der Waals surface area (Å²) in [6.07, 6.45) is 0. The van der Waals surface area contributed by atoms with Crippen molar-refractivity contribution in [2.24, 2.45) is 0 Å². The van der Waals surface area contributed by atoms with Gasteiger partial charge in [-0.1, -0.05) is 18.2 Å². The number of para-hydroxylation sites is 1. The molecule has 1 amide bonds. The minimum atomic E-state index is -3.83. The molecule has 7 heteroatoms. The summed E-state index contributed by atoms with van der Waals surface area (Å²) in [7, 11) is -3.83. The predicted molar refractivity (Wildman–Crippen MR) is 77.9 cm³/mol. The van der Waals surface area contributed by atoms with E-state index in [0.29, 0.717) is 0 Å². The topological polar surface area (TPSA) is 89.3 Å². The lowest BCUT2D eigenvalue weighted by molar-refractivity contribution is -0.113. The molecule has 3 N–H and O–H groups in total. The van der Waals surface area contributed by atoms with Crippen molar-refractivity contribution in [1.82, 2.24) is 0 Å². The molecule has 21 heavy (non-hydrogen) atoms. The second-order valence-electron chi connectivity index (χ2n) is 4.36. The van der Waals surface area contributed by atoms with Crippen LogP contribution < -0.4 is 11.1 Å². The zero-order valence-corrected chi connectivity index (χ0v) is 11.7. The fraction of sp³-hybridized carbons (Fsp3) is 0.0714. The Balaban J connectivity index is 2.14. The van der Waals surface area contributed by atoms with Gasteiger partial charge in [0, 0.05) is 5.69 Å². The Morgan fingerprint density at radius 2 is 1.86 bits per heavy atom. The number of nitrogen functional groups attached to an aromatic ring is 1. The Hall–Kier alpha value is -2.41. The Bertz CT molecular complexity index is 775. The van der Waals surface area contributed by atoms with Crippen LogP contribution in [0.1, 0.15) is 0 Å². The molecule has 2 aromatic rings. The van der Waals surface area contributed by atoms with Crippen molar-refractivity contribution < 1.29 is 17.6 Å². The van der Waals surface area contributed by atoms with Crippen LogP contribution in [-0.2, 0) is 14.6 Å². The third kappa shape index (κ3) is 3.79. The van der Waals surface area contributed by atoms with E-state index in [-0.39, 0.29) is 16.3 Å². The number of hydrogen-bond acceptors (Lipinski definition) is 4. The molecule has 0 radical (unpaired) electrons. The molecule has 110 valence electrons. The molecule has 0 atom stereocenters. The van der Waals surface area contributed by atoms with Gasteiger partial charge < -0.3 is 11.1 Å². The molecular weight excluding hydrogens is 295 g/mol. The molecule has 5 nitrogen and oxygen atoms in total. The summed E-state index contributed by atoms with van der Waals surface area (Å²) < 4.78 is 37.5. The van der Waals surface area contributed by atoms with Gasteiger partial charge in [-0.15, -0.1) is 0 Å². The number of anilines is 2. The Morgan fingerprint density at radius 3 is 2.52 bits per heavy atom. The van der Waals surface area contributed by atoms with Crippen LogP contribution in [0.15, 0.2) is 53.4 Å². The monoisotopic (exact) mass is 308 g/mol. The molecule has 0 unspecified atom stereocenters. The minimum absolute atomic E-state index is 0.0498. The number of sulfone groups is 1. The van der Waals surface area contributed by atoms with Crippen molar-refractivity contribution in [1.29, 1.82) is 0 Å². The van der Waals surface area contributed by atoms with Crippen LogP contribution in [0, 0.1) is 5.82 Å². The van der Waals surface area contributed by atoms with E-state index in [1.807, 2.05) is 0 Å². The fourth-order valence-corrected chi connectivity index (χ4v) is 2.90. The van der Waals surface area contributed by atoms with Gasteiger partial charge in [-0.25, -0.2) is 12.8 Å². The number of benzene rings is 2. The van der Waals surface area contributed by atoms with E-state index in [1.165, 1.54) is 42.5 Å². The zero-order valence-electron chi connectivity index (χ0n) is 10.9. The average molecular weight is 308 g/mol. The Kier molecular flexibility index (Phi) is 4.23. The minimum Gasteiger partial charge on any atom is -0.399 e. The SMILES string of the molecule is Nc1cccc(S(=O)(=O)CC(=O)Nc2ccccc2F)c1. The summed E-state index contributed by atoms with van der Waals surface area (Å²) in [5, 5.41) is 2.23. The number of amides is 1. The molecule has 0 aliphatic heterocycles. The first-order valence-corrected chi connectivity index (χ1v) is 7.66. The quantitative estimate of drug-likeness (QED) is 0.843. The number of nitrogens with two attached hydrogens (primary N) is 1. The van der Waals surface area contributed by atoms with E-state index < -0.39 is 27.3 Å². The van der Waals surface area contributed by atoms with Crippen molar-refractivity contribution in [3.8, 4) is 0 Å². The maximum Gasteiger partial charge on any atom is 0.240 e. The van der Waals surface area contributed by atoms with Gasteiger partial charge in [0.15, 0.2) is 9.84 Å². The Labute approximate surface area is 121 Å². The van der Waals surface area contributed by atoms with Crippen molar-refractivity contribution in [2.45, 2.75) is 4.90 Å². The standard InChI is InChI=1S/C14H13FN2O3S/c15-12-6-1-2-7-13(12)17-14(18)9-21(19,20)11-5-3-4-10(16)8-11/h1-8H,9,16H2,(H,17,18). The molecule has 2 rings (SSSR count). The summed E-state index contributed by atoms with van der Waals surface area (Å²) in [5.41, 5.74) is 5.73. The van der Waals surface area contributed by atoms with Gasteiger partial charge in [-0.2, -0.15) is 0 Å². The lowest BCUT2D eigenvalue weighted by atomic mass is 10.3. The second-order valence-corrected chi connectivity index (χ2v) is 6.35. The summed E-state index contributed by atoms with van der Waals surface area (Å²) >= 11 is 0. The molecule has 0 aromatic heterocycles. The first-order chi connectivity index (χ1) is 9.88. The first kappa shape index (κ1) is 15.0. The zero-order chi connectivity index (χ0) is 15.5. The normalized spacial score (nSPS) is 11.1. The van der Waals surface area contributed by atoms with Gasteiger partial charge in [-0.05, 0) is 30.3 Å². The molecule has 0 saturated heterocycles.